The lowest BCUT2D eigenvalue weighted by molar-refractivity contribution is -0.136. The van der Waals surface area contributed by atoms with Crippen molar-refractivity contribution < 1.29 is 19.4 Å². The molecule has 3 rings (SSSR count). The fourth-order valence-electron chi connectivity index (χ4n) is 2.81. The molecule has 0 aliphatic carbocycles. The Kier molecular flexibility index (Phi) is 9.94. The fourth-order valence-corrected chi connectivity index (χ4v) is 3.05. The number of hydrogen-bond donors (Lipinski definition) is 2. The van der Waals surface area contributed by atoms with Gasteiger partial charge in [0, 0.05) is 26.2 Å². The average molecular weight is 435 g/mol. The van der Waals surface area contributed by atoms with Gasteiger partial charge in [0.25, 0.3) is 0 Å². The lowest BCUT2D eigenvalue weighted by atomic mass is 10.1. The molecule has 6 nitrogen and oxygen atoms in total. The summed E-state index contributed by atoms with van der Waals surface area (Å²) < 4.78 is 11.3. The van der Waals surface area contributed by atoms with Crippen molar-refractivity contribution in [3.05, 3.63) is 58.6 Å². The van der Waals surface area contributed by atoms with E-state index >= 15 is 0 Å². The molecule has 1 fully saturated rings. The average Bonchev–Trinajstić information content (AvgIpc) is 2.70. The molecule has 0 saturated carbocycles. The molecule has 0 spiro atoms. The van der Waals surface area contributed by atoms with Crippen LogP contribution in [0.25, 0.3) is 0 Å². The fraction of sp³-hybridized carbons (Fsp3) is 0.435. The predicted octanol–water partition coefficient (Wildman–Crippen LogP) is 3.85. The minimum atomic E-state index is -0.850. The first kappa shape index (κ1) is 24.0. The van der Waals surface area contributed by atoms with Gasteiger partial charge in [-0.05, 0) is 56.3 Å². The summed E-state index contributed by atoms with van der Waals surface area (Å²) >= 11 is 6.19. The zero-order chi connectivity index (χ0) is 21.9. The summed E-state index contributed by atoms with van der Waals surface area (Å²) in [6.45, 7) is 9.01. The van der Waals surface area contributed by atoms with E-state index in [1.54, 1.807) is 24.3 Å². The summed E-state index contributed by atoms with van der Waals surface area (Å²) in [4.78, 5) is 13.0. The Balaban J connectivity index is 0.000000386. The quantitative estimate of drug-likeness (QED) is 0.689. The van der Waals surface area contributed by atoms with Crippen LogP contribution in [0.5, 0.6) is 11.5 Å². The number of carboxylic acids is 1. The summed E-state index contributed by atoms with van der Waals surface area (Å²) in [7, 11) is 2.15. The number of nitrogens with one attached hydrogen (secondary N) is 1. The highest BCUT2D eigenvalue weighted by Gasteiger charge is 2.06. The van der Waals surface area contributed by atoms with E-state index in [-0.39, 0.29) is 12.5 Å². The van der Waals surface area contributed by atoms with Crippen LogP contribution in [0.15, 0.2) is 42.5 Å². The van der Waals surface area contributed by atoms with Crippen LogP contribution in [0, 0.1) is 0 Å². The number of benzene rings is 2. The van der Waals surface area contributed by atoms with Crippen LogP contribution < -0.4 is 14.8 Å². The third kappa shape index (κ3) is 9.03. The van der Waals surface area contributed by atoms with Crippen molar-refractivity contribution in [2.45, 2.75) is 33.0 Å². The van der Waals surface area contributed by atoms with E-state index in [0.29, 0.717) is 23.1 Å². The van der Waals surface area contributed by atoms with Gasteiger partial charge in [0.2, 0.25) is 0 Å². The highest BCUT2D eigenvalue weighted by atomic mass is 35.5. The van der Waals surface area contributed by atoms with Gasteiger partial charge < -0.3 is 24.8 Å². The molecule has 1 aliphatic heterocycles. The number of piperazine rings is 1. The third-order valence-corrected chi connectivity index (χ3v) is 4.68. The Labute approximate surface area is 183 Å². The number of halogens is 1. The highest BCUT2D eigenvalue weighted by Crippen LogP contribution is 2.27. The number of nitrogens with zero attached hydrogens (tertiary/aromatic N) is 1. The first-order chi connectivity index (χ1) is 14.3. The van der Waals surface area contributed by atoms with Gasteiger partial charge in [-0.15, -0.1) is 0 Å². The molecule has 0 aromatic heterocycles. The zero-order valence-electron chi connectivity index (χ0n) is 17.9. The van der Waals surface area contributed by atoms with Crippen molar-refractivity contribution in [3.8, 4) is 11.5 Å². The lowest BCUT2D eigenvalue weighted by Gasteiger charge is -2.21. The van der Waals surface area contributed by atoms with Gasteiger partial charge in [-0.3, -0.25) is 4.79 Å². The summed E-state index contributed by atoms with van der Waals surface area (Å²) in [5.74, 6) is 0.484. The molecule has 2 N–H and O–H groups in total. The Hall–Kier alpha value is -2.28. The molecule has 0 unspecified atom stereocenters. The highest BCUT2D eigenvalue weighted by molar-refractivity contribution is 6.32. The Morgan fingerprint density at radius 1 is 1.13 bits per heavy atom. The predicted molar refractivity (Wildman–Crippen MR) is 120 cm³/mol. The lowest BCUT2D eigenvalue weighted by Crippen LogP contribution is -2.40. The smallest absolute Gasteiger partial charge is 0.307 e. The van der Waals surface area contributed by atoms with Crippen LogP contribution in [0.2, 0.25) is 5.02 Å². The van der Waals surface area contributed by atoms with E-state index < -0.39 is 5.97 Å². The van der Waals surface area contributed by atoms with Gasteiger partial charge in [0.1, 0.15) is 18.1 Å². The monoisotopic (exact) mass is 434 g/mol. The van der Waals surface area contributed by atoms with Gasteiger partial charge in [-0.2, -0.15) is 0 Å². The number of rotatable bonds is 7. The summed E-state index contributed by atoms with van der Waals surface area (Å²) in [5.41, 5.74) is 1.67. The van der Waals surface area contributed by atoms with Crippen LogP contribution in [-0.4, -0.2) is 55.3 Å². The van der Waals surface area contributed by atoms with Gasteiger partial charge in [-0.1, -0.05) is 29.8 Å². The van der Waals surface area contributed by atoms with Gasteiger partial charge >= 0.3 is 5.97 Å². The van der Waals surface area contributed by atoms with Crippen molar-refractivity contribution in [3.63, 3.8) is 0 Å². The minimum absolute atomic E-state index is 0.00714. The molecule has 1 aliphatic rings. The summed E-state index contributed by atoms with van der Waals surface area (Å²) in [6, 6.07) is 12.6. The maximum absolute atomic E-state index is 10.6. The second kappa shape index (κ2) is 12.4. The van der Waals surface area contributed by atoms with E-state index in [2.05, 4.69) is 17.3 Å². The molecule has 0 bridgehead atoms. The molecule has 2 aromatic rings. The molecular weight excluding hydrogens is 404 g/mol. The van der Waals surface area contributed by atoms with Crippen LogP contribution in [0.4, 0.5) is 0 Å². The SMILES string of the molecule is CC(C)Oc1ccc(COc2ccc(CC(=O)O)cc2)cc1Cl.CN1CCNCC1. The summed E-state index contributed by atoms with van der Waals surface area (Å²) in [5, 5.41) is 12.6. The molecule has 164 valence electrons. The van der Waals surface area contributed by atoms with Gasteiger partial charge in [0.05, 0.1) is 17.5 Å². The molecule has 0 amide bonds. The van der Waals surface area contributed by atoms with Crippen LogP contribution in [0.3, 0.4) is 0 Å². The Bertz CT molecular complexity index is 790. The normalized spacial score (nSPS) is 14.0. The number of likely N-dealkylation sites (N-methyl/N-ethyl adjacent to an activating group) is 1. The van der Waals surface area contributed by atoms with Crippen molar-refractivity contribution >= 4 is 17.6 Å². The molecule has 0 radical (unpaired) electrons. The first-order valence-electron chi connectivity index (χ1n) is 10.1. The second-order valence-corrected chi connectivity index (χ2v) is 7.89. The van der Waals surface area contributed by atoms with Crippen LogP contribution in [0.1, 0.15) is 25.0 Å². The Morgan fingerprint density at radius 2 is 1.77 bits per heavy atom. The maximum Gasteiger partial charge on any atom is 0.307 e. The van der Waals surface area contributed by atoms with E-state index in [4.69, 9.17) is 26.2 Å². The zero-order valence-corrected chi connectivity index (χ0v) is 18.6. The third-order valence-electron chi connectivity index (χ3n) is 4.38. The van der Waals surface area contributed by atoms with Crippen molar-refractivity contribution in [2.75, 3.05) is 33.2 Å². The van der Waals surface area contributed by atoms with E-state index in [1.807, 2.05) is 32.0 Å². The minimum Gasteiger partial charge on any atom is -0.489 e. The molecule has 2 aromatic carbocycles. The molecule has 1 heterocycles. The molecule has 1 saturated heterocycles. The summed E-state index contributed by atoms with van der Waals surface area (Å²) in [6.07, 6.45) is 0.0756. The Morgan fingerprint density at radius 3 is 2.27 bits per heavy atom. The van der Waals surface area contributed by atoms with E-state index in [9.17, 15) is 4.79 Å². The maximum atomic E-state index is 10.6. The second-order valence-electron chi connectivity index (χ2n) is 7.49. The molecule has 30 heavy (non-hydrogen) atoms. The molecule has 0 atom stereocenters. The number of aliphatic carboxylic acids is 1. The van der Waals surface area contributed by atoms with Crippen molar-refractivity contribution in [2.24, 2.45) is 0 Å². The van der Waals surface area contributed by atoms with Crippen LogP contribution >= 0.6 is 11.6 Å². The topological polar surface area (TPSA) is 71.0 Å². The van der Waals surface area contributed by atoms with Gasteiger partial charge in [-0.25, -0.2) is 0 Å². The number of hydrogen-bond acceptors (Lipinski definition) is 5. The van der Waals surface area contributed by atoms with Crippen LogP contribution in [-0.2, 0) is 17.8 Å². The number of carbonyl (C=O) groups is 1. The van der Waals surface area contributed by atoms with E-state index in [0.717, 1.165) is 24.2 Å². The van der Waals surface area contributed by atoms with Crippen molar-refractivity contribution in [1.82, 2.24) is 10.2 Å². The van der Waals surface area contributed by atoms with E-state index in [1.165, 1.54) is 13.1 Å². The molecular formula is C23H31ClN2O4. The number of carboxylic acid groups (broad SMARTS) is 1. The largest absolute Gasteiger partial charge is 0.489 e. The number of ether oxygens (including phenoxy) is 2. The van der Waals surface area contributed by atoms with Crippen molar-refractivity contribution in [1.29, 1.82) is 0 Å². The van der Waals surface area contributed by atoms with Gasteiger partial charge in [0.15, 0.2) is 0 Å². The standard InChI is InChI=1S/C18H19ClO4.C5H12N2/c1-12(2)23-17-8-5-14(9-16(17)19)11-22-15-6-3-13(4-7-15)10-18(20)21;1-7-4-2-6-3-5-7/h3-9,12H,10-11H2,1-2H3,(H,20,21);6H,2-5H2,1H3. The molecule has 7 heteroatoms. The first-order valence-corrected chi connectivity index (χ1v) is 10.5.